The van der Waals surface area contributed by atoms with Crippen LogP contribution in [-0.4, -0.2) is 54.0 Å². The fraction of sp³-hybridized carbons (Fsp3) is 0.789. The van der Waals surface area contributed by atoms with E-state index in [-0.39, 0.29) is 24.8 Å². The molecule has 10 nitrogen and oxygen atoms in total. The van der Waals surface area contributed by atoms with Gasteiger partial charge in [-0.1, -0.05) is 34.6 Å². The van der Waals surface area contributed by atoms with Gasteiger partial charge in [-0.05, 0) is 24.7 Å². The number of carbonyl (C=O) groups is 4. The lowest BCUT2D eigenvalue weighted by Crippen LogP contribution is -2.58. The van der Waals surface area contributed by atoms with Gasteiger partial charge >= 0.3 is 0 Å². The quantitative estimate of drug-likeness (QED) is 0.200. The molecule has 0 aliphatic rings. The Morgan fingerprint density at radius 1 is 0.966 bits per heavy atom. The third-order valence-electron chi connectivity index (χ3n) is 4.29. The van der Waals surface area contributed by atoms with Crippen LogP contribution in [0.15, 0.2) is 0 Å². The number of nitrogens with one attached hydrogen (secondary N) is 4. The lowest BCUT2D eigenvalue weighted by molar-refractivity contribution is -0.138. The standard InChI is InChI=1S/C19H37N5O5/c1-11(2)9-13(10-14(25)24-29)17(27)23-15(19(4,5)6)18(28)22-12(3)16(26)21-8-7-20/h11-13,15,29H,7-10,20H2,1-6H3,(H,21,26)(H,22,28)(H,23,27)(H,24,25)/t12-,13-,15+/m0/s1. The van der Waals surface area contributed by atoms with E-state index in [9.17, 15) is 19.2 Å². The van der Waals surface area contributed by atoms with E-state index in [0.29, 0.717) is 13.0 Å². The summed E-state index contributed by atoms with van der Waals surface area (Å²) in [6, 6.07) is -1.73. The highest BCUT2D eigenvalue weighted by Crippen LogP contribution is 2.22. The van der Waals surface area contributed by atoms with E-state index < -0.39 is 41.1 Å². The monoisotopic (exact) mass is 415 g/mol. The van der Waals surface area contributed by atoms with E-state index >= 15 is 0 Å². The van der Waals surface area contributed by atoms with Crippen LogP contribution < -0.4 is 27.2 Å². The molecule has 0 spiro atoms. The van der Waals surface area contributed by atoms with Crippen molar-refractivity contribution in [2.75, 3.05) is 13.1 Å². The van der Waals surface area contributed by atoms with E-state index in [2.05, 4.69) is 16.0 Å². The largest absolute Gasteiger partial charge is 0.353 e. The minimum atomic E-state index is -0.924. The molecule has 0 aromatic heterocycles. The summed E-state index contributed by atoms with van der Waals surface area (Å²) < 4.78 is 0. The molecule has 0 aromatic rings. The van der Waals surface area contributed by atoms with Crippen LogP contribution in [0.1, 0.15) is 54.4 Å². The van der Waals surface area contributed by atoms with Crippen molar-refractivity contribution in [2.45, 2.75) is 66.5 Å². The molecule has 0 saturated carbocycles. The van der Waals surface area contributed by atoms with E-state index in [1.54, 1.807) is 27.7 Å². The van der Waals surface area contributed by atoms with Crippen molar-refractivity contribution in [1.29, 1.82) is 0 Å². The molecule has 0 aromatic carbocycles. The predicted molar refractivity (Wildman–Crippen MR) is 109 cm³/mol. The number of hydrogen-bond donors (Lipinski definition) is 6. The summed E-state index contributed by atoms with van der Waals surface area (Å²) in [5, 5.41) is 16.7. The molecular formula is C19H37N5O5. The van der Waals surface area contributed by atoms with Crippen LogP contribution in [0.5, 0.6) is 0 Å². The molecule has 10 heteroatoms. The lowest BCUT2D eigenvalue weighted by atomic mass is 9.84. The minimum absolute atomic E-state index is 0.130. The highest BCUT2D eigenvalue weighted by molar-refractivity contribution is 5.93. The Labute approximate surface area is 172 Å². The third-order valence-corrected chi connectivity index (χ3v) is 4.29. The smallest absolute Gasteiger partial charge is 0.244 e. The first-order chi connectivity index (χ1) is 13.3. The minimum Gasteiger partial charge on any atom is -0.353 e. The summed E-state index contributed by atoms with van der Waals surface area (Å²) in [5.41, 5.74) is 6.24. The second-order valence-corrected chi connectivity index (χ2v) is 8.68. The van der Waals surface area contributed by atoms with Gasteiger partial charge in [0.05, 0.1) is 0 Å². The Morgan fingerprint density at radius 3 is 2.00 bits per heavy atom. The zero-order chi connectivity index (χ0) is 22.8. The summed E-state index contributed by atoms with van der Waals surface area (Å²) in [7, 11) is 0. The molecule has 4 amide bonds. The van der Waals surface area contributed by atoms with Gasteiger partial charge in [0.2, 0.25) is 23.6 Å². The van der Waals surface area contributed by atoms with Crippen LogP contribution in [0.4, 0.5) is 0 Å². The first kappa shape index (κ1) is 26.8. The fourth-order valence-electron chi connectivity index (χ4n) is 2.77. The Morgan fingerprint density at radius 2 is 1.55 bits per heavy atom. The zero-order valence-corrected chi connectivity index (χ0v) is 18.3. The molecule has 0 aliphatic heterocycles. The van der Waals surface area contributed by atoms with Gasteiger partial charge in [0.1, 0.15) is 12.1 Å². The lowest BCUT2D eigenvalue weighted by Gasteiger charge is -2.32. The molecule has 0 unspecified atom stereocenters. The van der Waals surface area contributed by atoms with Gasteiger partial charge in [-0.15, -0.1) is 0 Å². The first-order valence-electron chi connectivity index (χ1n) is 9.84. The van der Waals surface area contributed by atoms with Gasteiger partial charge < -0.3 is 21.7 Å². The number of hydrogen-bond acceptors (Lipinski definition) is 6. The van der Waals surface area contributed by atoms with Crippen molar-refractivity contribution in [1.82, 2.24) is 21.4 Å². The summed E-state index contributed by atoms with van der Waals surface area (Å²) >= 11 is 0. The maximum absolute atomic E-state index is 12.8. The van der Waals surface area contributed by atoms with Gasteiger partial charge in [0.25, 0.3) is 0 Å². The van der Waals surface area contributed by atoms with Crippen LogP contribution in [-0.2, 0) is 19.2 Å². The Balaban J connectivity index is 5.30. The molecule has 29 heavy (non-hydrogen) atoms. The van der Waals surface area contributed by atoms with Crippen molar-refractivity contribution in [3.63, 3.8) is 0 Å². The third kappa shape index (κ3) is 10.2. The molecule has 0 heterocycles. The SMILES string of the molecule is CC(C)C[C@@H](CC(=O)NO)C(=O)N[C@H](C(=O)N[C@@H](C)C(=O)NCCN)C(C)(C)C. The Kier molecular flexibility index (Phi) is 11.4. The van der Waals surface area contributed by atoms with Gasteiger partial charge in [-0.2, -0.15) is 0 Å². The molecule has 0 rings (SSSR count). The van der Waals surface area contributed by atoms with Gasteiger partial charge in [0, 0.05) is 25.4 Å². The van der Waals surface area contributed by atoms with E-state index in [0.717, 1.165) is 0 Å². The fourth-order valence-corrected chi connectivity index (χ4v) is 2.77. The highest BCUT2D eigenvalue weighted by atomic mass is 16.5. The molecule has 0 saturated heterocycles. The van der Waals surface area contributed by atoms with Crippen LogP contribution in [0.25, 0.3) is 0 Å². The molecule has 0 fully saturated rings. The highest BCUT2D eigenvalue weighted by Gasteiger charge is 2.36. The maximum atomic E-state index is 12.8. The van der Waals surface area contributed by atoms with E-state index in [1.807, 2.05) is 13.8 Å². The van der Waals surface area contributed by atoms with Gasteiger partial charge in [-0.25, -0.2) is 5.48 Å². The average molecular weight is 416 g/mol. The van der Waals surface area contributed by atoms with Crippen molar-refractivity contribution in [3.05, 3.63) is 0 Å². The average Bonchev–Trinajstić information content (AvgIpc) is 2.61. The summed E-state index contributed by atoms with van der Waals surface area (Å²) in [6.45, 7) is 11.3. The second kappa shape index (κ2) is 12.4. The molecule has 0 radical (unpaired) electrons. The maximum Gasteiger partial charge on any atom is 0.244 e. The molecular weight excluding hydrogens is 378 g/mol. The first-order valence-corrected chi connectivity index (χ1v) is 9.84. The second-order valence-electron chi connectivity index (χ2n) is 8.68. The number of nitrogens with two attached hydrogens (primary N) is 1. The predicted octanol–water partition coefficient (Wildman–Crippen LogP) is -0.345. The summed E-state index contributed by atoms with van der Waals surface area (Å²) in [4.78, 5) is 49.1. The van der Waals surface area contributed by atoms with Crippen molar-refractivity contribution < 1.29 is 24.4 Å². The van der Waals surface area contributed by atoms with Crippen LogP contribution in [0, 0.1) is 17.3 Å². The number of carbonyl (C=O) groups excluding carboxylic acids is 4. The molecule has 0 aliphatic carbocycles. The van der Waals surface area contributed by atoms with Crippen LogP contribution >= 0.6 is 0 Å². The number of hydroxylamine groups is 1. The van der Waals surface area contributed by atoms with E-state index in [4.69, 9.17) is 10.9 Å². The van der Waals surface area contributed by atoms with Gasteiger partial charge in [-0.3, -0.25) is 24.4 Å². The molecule has 168 valence electrons. The summed E-state index contributed by atoms with van der Waals surface area (Å²) in [6.07, 6.45) is 0.215. The number of rotatable bonds is 11. The number of amides is 4. The normalized spacial score (nSPS) is 14.5. The summed E-state index contributed by atoms with van der Waals surface area (Å²) in [5.74, 6) is -2.59. The van der Waals surface area contributed by atoms with Gasteiger partial charge in [0.15, 0.2) is 0 Å². The molecule has 3 atom stereocenters. The van der Waals surface area contributed by atoms with Crippen molar-refractivity contribution in [3.8, 4) is 0 Å². The van der Waals surface area contributed by atoms with Crippen LogP contribution in [0.3, 0.4) is 0 Å². The molecule has 7 N–H and O–H groups in total. The van der Waals surface area contributed by atoms with E-state index in [1.165, 1.54) is 5.48 Å². The van der Waals surface area contributed by atoms with Crippen molar-refractivity contribution in [2.24, 2.45) is 23.0 Å². The zero-order valence-electron chi connectivity index (χ0n) is 18.3. The Bertz CT molecular complexity index is 574. The topological polar surface area (TPSA) is 163 Å². The molecule has 0 bridgehead atoms. The van der Waals surface area contributed by atoms with Crippen LogP contribution in [0.2, 0.25) is 0 Å². The Hall–Kier alpha value is -2.20. The van der Waals surface area contributed by atoms with Crippen molar-refractivity contribution >= 4 is 23.6 Å².